The number of benzene rings is 2. The fourth-order valence-corrected chi connectivity index (χ4v) is 2.40. The maximum Gasteiger partial charge on any atom is 0.0643 e. The van der Waals surface area contributed by atoms with Gasteiger partial charge in [0.25, 0.3) is 0 Å². The highest BCUT2D eigenvalue weighted by molar-refractivity contribution is 9.10. The summed E-state index contributed by atoms with van der Waals surface area (Å²) in [5.41, 5.74) is 10.6. The van der Waals surface area contributed by atoms with Crippen molar-refractivity contribution in [1.82, 2.24) is 0 Å². The molecule has 2 aromatic rings. The molecule has 0 saturated heterocycles. The van der Waals surface area contributed by atoms with Crippen molar-refractivity contribution in [1.29, 1.82) is 0 Å². The van der Waals surface area contributed by atoms with Gasteiger partial charge in [-0.3, -0.25) is 0 Å². The molecule has 3 N–H and O–H groups in total. The summed E-state index contributed by atoms with van der Waals surface area (Å²) in [6.45, 7) is 3.99. The standard InChI is InChI=1S/C14H14BrClN2/c1-8-3-4-13(11(16)5-8)18-14-6-9(2)12(17)7-10(14)15/h3-7,18H,17H2,1-2H3. The number of halogens is 2. The molecule has 0 unspecified atom stereocenters. The van der Waals surface area contributed by atoms with Crippen LogP contribution in [0, 0.1) is 13.8 Å². The van der Waals surface area contributed by atoms with Crippen LogP contribution in [0.15, 0.2) is 34.8 Å². The first-order valence-electron chi connectivity index (χ1n) is 5.56. The second kappa shape index (κ2) is 5.21. The Morgan fingerprint density at radius 1 is 1.11 bits per heavy atom. The van der Waals surface area contributed by atoms with Crippen LogP contribution in [0.3, 0.4) is 0 Å². The minimum absolute atomic E-state index is 0.705. The van der Waals surface area contributed by atoms with Gasteiger partial charge < -0.3 is 11.1 Å². The van der Waals surface area contributed by atoms with Crippen LogP contribution in [0.25, 0.3) is 0 Å². The lowest BCUT2D eigenvalue weighted by Gasteiger charge is -2.12. The van der Waals surface area contributed by atoms with Crippen LogP contribution >= 0.6 is 27.5 Å². The van der Waals surface area contributed by atoms with E-state index in [0.717, 1.165) is 32.7 Å². The SMILES string of the molecule is Cc1ccc(Nc2cc(C)c(N)cc2Br)c(Cl)c1. The minimum Gasteiger partial charge on any atom is -0.398 e. The van der Waals surface area contributed by atoms with Gasteiger partial charge in [0.1, 0.15) is 0 Å². The minimum atomic E-state index is 0.705. The van der Waals surface area contributed by atoms with Crippen LogP contribution in [0.2, 0.25) is 5.02 Å². The van der Waals surface area contributed by atoms with Crippen LogP contribution in [-0.4, -0.2) is 0 Å². The molecule has 2 nitrogen and oxygen atoms in total. The van der Waals surface area contributed by atoms with E-state index < -0.39 is 0 Å². The van der Waals surface area contributed by atoms with E-state index in [-0.39, 0.29) is 0 Å². The Hall–Kier alpha value is -1.19. The predicted molar refractivity (Wildman–Crippen MR) is 82.8 cm³/mol. The van der Waals surface area contributed by atoms with E-state index in [0.29, 0.717) is 5.02 Å². The van der Waals surface area contributed by atoms with Gasteiger partial charge in [0.15, 0.2) is 0 Å². The van der Waals surface area contributed by atoms with E-state index >= 15 is 0 Å². The van der Waals surface area contributed by atoms with Crippen molar-refractivity contribution >= 4 is 44.6 Å². The van der Waals surface area contributed by atoms with E-state index in [9.17, 15) is 0 Å². The van der Waals surface area contributed by atoms with Crippen molar-refractivity contribution in [3.63, 3.8) is 0 Å². The third-order valence-electron chi connectivity index (χ3n) is 2.75. The Kier molecular flexibility index (Phi) is 3.83. The summed E-state index contributed by atoms with van der Waals surface area (Å²) in [7, 11) is 0. The highest BCUT2D eigenvalue weighted by Crippen LogP contribution is 2.33. The van der Waals surface area contributed by atoms with E-state index in [1.54, 1.807) is 0 Å². The van der Waals surface area contributed by atoms with Gasteiger partial charge in [-0.1, -0.05) is 17.7 Å². The van der Waals surface area contributed by atoms with Gasteiger partial charge in [0.05, 0.1) is 16.4 Å². The molecule has 0 radical (unpaired) electrons. The molecule has 2 aromatic carbocycles. The van der Waals surface area contributed by atoms with Gasteiger partial charge >= 0.3 is 0 Å². The van der Waals surface area contributed by atoms with Gasteiger partial charge in [-0.25, -0.2) is 0 Å². The lowest BCUT2D eigenvalue weighted by Crippen LogP contribution is -1.96. The van der Waals surface area contributed by atoms with Crippen molar-refractivity contribution in [2.75, 3.05) is 11.1 Å². The topological polar surface area (TPSA) is 38.0 Å². The quantitative estimate of drug-likeness (QED) is 0.759. The molecule has 0 aromatic heterocycles. The van der Waals surface area contributed by atoms with E-state index in [1.165, 1.54) is 0 Å². The Balaban J connectivity index is 2.37. The van der Waals surface area contributed by atoms with Crippen molar-refractivity contribution in [3.05, 3.63) is 51.0 Å². The second-order valence-corrected chi connectivity index (χ2v) is 5.56. The summed E-state index contributed by atoms with van der Waals surface area (Å²) in [4.78, 5) is 0. The lowest BCUT2D eigenvalue weighted by molar-refractivity contribution is 1.42. The zero-order valence-electron chi connectivity index (χ0n) is 10.2. The largest absolute Gasteiger partial charge is 0.398 e. The molecule has 0 saturated carbocycles. The van der Waals surface area contributed by atoms with Gasteiger partial charge in [-0.2, -0.15) is 0 Å². The Bertz CT molecular complexity index is 597. The van der Waals surface area contributed by atoms with Crippen molar-refractivity contribution in [2.45, 2.75) is 13.8 Å². The summed E-state index contributed by atoms with van der Waals surface area (Å²) < 4.78 is 0.919. The summed E-state index contributed by atoms with van der Waals surface area (Å²) in [6.07, 6.45) is 0. The first kappa shape index (κ1) is 13.2. The van der Waals surface area contributed by atoms with E-state index in [4.69, 9.17) is 17.3 Å². The highest BCUT2D eigenvalue weighted by Gasteiger charge is 2.06. The van der Waals surface area contributed by atoms with Crippen LogP contribution in [-0.2, 0) is 0 Å². The van der Waals surface area contributed by atoms with Crippen LogP contribution < -0.4 is 11.1 Å². The van der Waals surface area contributed by atoms with Crippen molar-refractivity contribution in [3.8, 4) is 0 Å². The second-order valence-electron chi connectivity index (χ2n) is 4.30. The molecular weight excluding hydrogens is 312 g/mol. The Labute approximate surface area is 120 Å². The number of nitrogens with two attached hydrogens (primary N) is 1. The fraction of sp³-hybridized carbons (Fsp3) is 0.143. The summed E-state index contributed by atoms with van der Waals surface area (Å²) in [5.74, 6) is 0. The predicted octanol–water partition coefficient (Wildman–Crippen LogP) is 5.05. The molecule has 0 amide bonds. The Morgan fingerprint density at radius 2 is 1.83 bits per heavy atom. The molecule has 0 aliphatic heterocycles. The summed E-state index contributed by atoms with van der Waals surface area (Å²) in [6, 6.07) is 9.80. The lowest BCUT2D eigenvalue weighted by atomic mass is 10.1. The number of aryl methyl sites for hydroxylation is 2. The fourth-order valence-electron chi connectivity index (χ4n) is 1.66. The Morgan fingerprint density at radius 3 is 2.50 bits per heavy atom. The summed E-state index contributed by atoms with van der Waals surface area (Å²) in [5, 5.41) is 4.01. The van der Waals surface area contributed by atoms with Crippen molar-refractivity contribution in [2.24, 2.45) is 0 Å². The normalized spacial score (nSPS) is 10.4. The molecule has 0 spiro atoms. The molecule has 0 aliphatic carbocycles. The first-order chi connectivity index (χ1) is 8.47. The number of hydrogen-bond donors (Lipinski definition) is 2. The third kappa shape index (κ3) is 2.79. The number of rotatable bonds is 2. The van der Waals surface area contributed by atoms with E-state index in [2.05, 4.69) is 21.2 Å². The molecule has 4 heteroatoms. The molecule has 2 rings (SSSR count). The van der Waals surface area contributed by atoms with Crippen LogP contribution in [0.4, 0.5) is 17.1 Å². The van der Waals surface area contributed by atoms with Gasteiger partial charge in [0, 0.05) is 10.2 Å². The average molecular weight is 326 g/mol. The molecule has 18 heavy (non-hydrogen) atoms. The van der Waals surface area contributed by atoms with Crippen LogP contribution in [0.1, 0.15) is 11.1 Å². The van der Waals surface area contributed by atoms with Crippen LogP contribution in [0.5, 0.6) is 0 Å². The monoisotopic (exact) mass is 324 g/mol. The molecule has 0 aliphatic rings. The number of anilines is 3. The van der Waals surface area contributed by atoms with Gasteiger partial charge in [-0.05, 0) is 65.2 Å². The average Bonchev–Trinajstić information content (AvgIpc) is 2.29. The third-order valence-corrected chi connectivity index (χ3v) is 3.72. The number of nitrogens with one attached hydrogen (secondary N) is 1. The first-order valence-corrected chi connectivity index (χ1v) is 6.73. The molecule has 0 bridgehead atoms. The molecule has 94 valence electrons. The zero-order chi connectivity index (χ0) is 13.3. The van der Waals surface area contributed by atoms with Gasteiger partial charge in [0.2, 0.25) is 0 Å². The molecule has 0 fully saturated rings. The molecular formula is C14H14BrClN2. The smallest absolute Gasteiger partial charge is 0.0643 e. The van der Waals surface area contributed by atoms with Crippen molar-refractivity contribution < 1.29 is 0 Å². The highest BCUT2D eigenvalue weighted by atomic mass is 79.9. The number of hydrogen-bond acceptors (Lipinski definition) is 2. The van der Waals surface area contributed by atoms with E-state index in [1.807, 2.05) is 44.2 Å². The maximum absolute atomic E-state index is 6.20. The summed E-state index contributed by atoms with van der Waals surface area (Å²) >= 11 is 9.69. The molecule has 0 heterocycles. The van der Waals surface area contributed by atoms with Gasteiger partial charge in [-0.15, -0.1) is 0 Å². The number of nitrogen functional groups attached to an aromatic ring is 1. The molecule has 0 atom stereocenters. The zero-order valence-corrected chi connectivity index (χ0v) is 12.6. The maximum atomic E-state index is 6.20.